The molecule has 0 spiro atoms. The normalized spacial score (nSPS) is 19.7. The second-order valence-electron chi connectivity index (χ2n) is 4.74. The number of allylic oxidation sites excluding steroid dienone is 1. The minimum atomic E-state index is -0.342. The number of hydrogen-bond acceptors (Lipinski definition) is 4. The van der Waals surface area contributed by atoms with Crippen LogP contribution in [0.5, 0.6) is 0 Å². The van der Waals surface area contributed by atoms with E-state index in [0.717, 1.165) is 5.56 Å². The van der Waals surface area contributed by atoms with E-state index in [0.29, 0.717) is 6.42 Å². The highest BCUT2D eigenvalue weighted by atomic mass is 35.5. The maximum absolute atomic E-state index is 9.78. The van der Waals surface area contributed by atoms with Gasteiger partial charge >= 0.3 is 0 Å². The first-order valence-corrected chi connectivity index (χ1v) is 6.36. The molecule has 0 amide bonds. The standard InChI is InChI=1S/C15H19NO3.ClH/c1-11-15(19)14(18)7-8-16(11)13(10-17)9-12-5-3-2-4-6-12;/h2-8,11,13,17-19H,9-10H2,1H3;1H/t11-,13?;/m1./s1. The quantitative estimate of drug-likeness (QED) is 0.799. The minimum absolute atomic E-state index is 0. The lowest BCUT2D eigenvalue weighted by Gasteiger charge is -2.36. The highest BCUT2D eigenvalue weighted by Crippen LogP contribution is 2.22. The van der Waals surface area contributed by atoms with Gasteiger partial charge in [-0.25, -0.2) is 0 Å². The molecule has 1 aliphatic heterocycles. The third-order valence-corrected chi connectivity index (χ3v) is 3.46. The molecule has 1 aromatic rings. The summed E-state index contributed by atoms with van der Waals surface area (Å²) in [5.74, 6) is -0.172. The van der Waals surface area contributed by atoms with Gasteiger partial charge in [-0.15, -0.1) is 12.4 Å². The first-order chi connectivity index (χ1) is 9.13. The topological polar surface area (TPSA) is 63.9 Å². The van der Waals surface area contributed by atoms with Crippen molar-refractivity contribution in [3.63, 3.8) is 0 Å². The van der Waals surface area contributed by atoms with Crippen LogP contribution in [0.2, 0.25) is 0 Å². The number of hydrogen-bond donors (Lipinski definition) is 3. The molecule has 20 heavy (non-hydrogen) atoms. The Hall–Kier alpha value is -1.65. The van der Waals surface area contributed by atoms with Crippen molar-refractivity contribution < 1.29 is 15.3 Å². The molecular formula is C15H20ClNO3. The van der Waals surface area contributed by atoms with Crippen molar-refractivity contribution in [1.29, 1.82) is 0 Å². The molecule has 0 saturated carbocycles. The van der Waals surface area contributed by atoms with Crippen molar-refractivity contribution in [3.8, 4) is 0 Å². The molecule has 0 bridgehead atoms. The molecule has 0 radical (unpaired) electrons. The molecule has 1 aromatic carbocycles. The number of nitrogens with zero attached hydrogens (tertiary/aromatic N) is 1. The summed E-state index contributed by atoms with van der Waals surface area (Å²) < 4.78 is 0. The summed E-state index contributed by atoms with van der Waals surface area (Å²) in [4.78, 5) is 1.86. The molecular weight excluding hydrogens is 278 g/mol. The second kappa shape index (κ2) is 7.22. The highest BCUT2D eigenvalue weighted by molar-refractivity contribution is 5.85. The second-order valence-corrected chi connectivity index (χ2v) is 4.74. The zero-order valence-corrected chi connectivity index (χ0v) is 12.1. The van der Waals surface area contributed by atoms with Gasteiger partial charge in [0.25, 0.3) is 0 Å². The molecule has 3 N–H and O–H groups in total. The zero-order chi connectivity index (χ0) is 13.8. The van der Waals surface area contributed by atoms with Crippen LogP contribution >= 0.6 is 12.4 Å². The Morgan fingerprint density at radius 2 is 1.85 bits per heavy atom. The van der Waals surface area contributed by atoms with Crippen molar-refractivity contribution >= 4 is 12.4 Å². The van der Waals surface area contributed by atoms with Gasteiger partial charge in [0, 0.05) is 6.20 Å². The number of aliphatic hydroxyl groups is 3. The molecule has 1 heterocycles. The van der Waals surface area contributed by atoms with Crippen LogP contribution in [0.25, 0.3) is 0 Å². The predicted octanol–water partition coefficient (Wildman–Crippen LogP) is 2.56. The summed E-state index contributed by atoms with van der Waals surface area (Å²) in [5, 5.41) is 28.8. The average Bonchev–Trinajstić information content (AvgIpc) is 2.44. The van der Waals surface area contributed by atoms with Crippen LogP contribution < -0.4 is 0 Å². The molecule has 0 aliphatic carbocycles. The van der Waals surface area contributed by atoms with Crippen LogP contribution in [-0.2, 0) is 6.42 Å². The molecule has 1 unspecified atom stereocenters. The van der Waals surface area contributed by atoms with E-state index in [1.807, 2.05) is 35.2 Å². The van der Waals surface area contributed by atoms with Crippen LogP contribution in [0.15, 0.2) is 54.1 Å². The van der Waals surface area contributed by atoms with Crippen molar-refractivity contribution in [3.05, 3.63) is 59.7 Å². The fourth-order valence-corrected chi connectivity index (χ4v) is 2.31. The van der Waals surface area contributed by atoms with Crippen molar-refractivity contribution in [2.24, 2.45) is 0 Å². The Morgan fingerprint density at radius 3 is 2.45 bits per heavy atom. The van der Waals surface area contributed by atoms with Gasteiger partial charge in [0.1, 0.15) is 0 Å². The van der Waals surface area contributed by atoms with E-state index in [9.17, 15) is 15.3 Å². The fraction of sp³-hybridized carbons (Fsp3) is 0.333. The lowest BCUT2D eigenvalue weighted by atomic mass is 10.0. The summed E-state index contributed by atoms with van der Waals surface area (Å²) in [6, 6.07) is 9.41. The van der Waals surface area contributed by atoms with Gasteiger partial charge in [0.05, 0.1) is 18.7 Å². The fourth-order valence-electron chi connectivity index (χ4n) is 2.31. The monoisotopic (exact) mass is 297 g/mol. The Morgan fingerprint density at radius 1 is 1.20 bits per heavy atom. The van der Waals surface area contributed by atoms with E-state index in [1.165, 1.54) is 6.08 Å². The van der Waals surface area contributed by atoms with Crippen molar-refractivity contribution in [1.82, 2.24) is 4.90 Å². The smallest absolute Gasteiger partial charge is 0.156 e. The maximum atomic E-state index is 9.78. The zero-order valence-electron chi connectivity index (χ0n) is 11.3. The molecule has 0 saturated heterocycles. The van der Waals surface area contributed by atoms with Gasteiger partial charge in [-0.05, 0) is 25.0 Å². The lowest BCUT2D eigenvalue weighted by Crippen LogP contribution is -2.44. The molecule has 0 fully saturated rings. The Kier molecular flexibility index (Phi) is 5.92. The summed E-state index contributed by atoms with van der Waals surface area (Å²) in [7, 11) is 0. The third kappa shape index (κ3) is 3.46. The van der Waals surface area contributed by atoms with E-state index >= 15 is 0 Å². The van der Waals surface area contributed by atoms with Crippen molar-refractivity contribution in [2.45, 2.75) is 25.4 Å². The van der Waals surface area contributed by atoms with Gasteiger partial charge in [0.15, 0.2) is 11.5 Å². The Labute approximate surface area is 125 Å². The van der Waals surface area contributed by atoms with Crippen LogP contribution in [0, 0.1) is 0 Å². The number of halogens is 1. The van der Waals surface area contributed by atoms with Crippen LogP contribution in [0.3, 0.4) is 0 Å². The highest BCUT2D eigenvalue weighted by Gasteiger charge is 2.27. The summed E-state index contributed by atoms with van der Waals surface area (Å²) >= 11 is 0. The summed E-state index contributed by atoms with van der Waals surface area (Å²) in [5.41, 5.74) is 1.13. The SMILES string of the molecule is C[C@@H]1C(O)=C(O)C=CN1C(CO)Cc1ccccc1.Cl. The summed E-state index contributed by atoms with van der Waals surface area (Å²) in [6.07, 6.45) is 3.84. The van der Waals surface area contributed by atoms with Gasteiger partial charge < -0.3 is 20.2 Å². The molecule has 2 rings (SSSR count). The summed E-state index contributed by atoms with van der Waals surface area (Å²) in [6.45, 7) is 1.78. The van der Waals surface area contributed by atoms with E-state index in [-0.39, 0.29) is 42.6 Å². The van der Waals surface area contributed by atoms with Gasteiger partial charge in [-0.3, -0.25) is 0 Å². The molecule has 4 nitrogen and oxygen atoms in total. The Balaban J connectivity index is 0.00000200. The first-order valence-electron chi connectivity index (χ1n) is 6.36. The van der Waals surface area contributed by atoms with Crippen molar-refractivity contribution in [2.75, 3.05) is 6.61 Å². The molecule has 2 atom stereocenters. The average molecular weight is 298 g/mol. The van der Waals surface area contributed by atoms with Crippen LogP contribution in [-0.4, -0.2) is 38.9 Å². The molecule has 1 aliphatic rings. The van der Waals surface area contributed by atoms with E-state index in [4.69, 9.17) is 0 Å². The molecule has 5 heteroatoms. The van der Waals surface area contributed by atoms with Gasteiger partial charge in [-0.1, -0.05) is 30.3 Å². The first kappa shape index (κ1) is 16.4. The third-order valence-electron chi connectivity index (χ3n) is 3.46. The van der Waals surface area contributed by atoms with E-state index < -0.39 is 0 Å². The number of aliphatic hydroxyl groups excluding tert-OH is 3. The van der Waals surface area contributed by atoms with Crippen LogP contribution in [0.4, 0.5) is 0 Å². The Bertz CT molecular complexity index is 487. The molecule has 0 aromatic heterocycles. The van der Waals surface area contributed by atoms with Gasteiger partial charge in [-0.2, -0.15) is 0 Å². The number of rotatable bonds is 4. The van der Waals surface area contributed by atoms with Gasteiger partial charge in [0.2, 0.25) is 0 Å². The molecule has 110 valence electrons. The maximum Gasteiger partial charge on any atom is 0.156 e. The predicted molar refractivity (Wildman–Crippen MR) is 81.0 cm³/mol. The van der Waals surface area contributed by atoms with E-state index in [1.54, 1.807) is 13.1 Å². The van der Waals surface area contributed by atoms with E-state index in [2.05, 4.69) is 0 Å². The number of benzene rings is 1. The largest absolute Gasteiger partial charge is 0.506 e. The van der Waals surface area contributed by atoms with Crippen LogP contribution in [0.1, 0.15) is 12.5 Å². The minimum Gasteiger partial charge on any atom is -0.506 e. The lowest BCUT2D eigenvalue weighted by molar-refractivity contribution is 0.118.